The second kappa shape index (κ2) is 6.89. The second-order valence-corrected chi connectivity index (χ2v) is 5.38. The van der Waals surface area contributed by atoms with Gasteiger partial charge in [0.25, 0.3) is 0 Å². The summed E-state index contributed by atoms with van der Waals surface area (Å²) in [6, 6.07) is -0.0600. The van der Waals surface area contributed by atoms with Crippen molar-refractivity contribution in [3.63, 3.8) is 0 Å². The Morgan fingerprint density at radius 1 is 1.42 bits per heavy atom. The van der Waals surface area contributed by atoms with Crippen molar-refractivity contribution in [2.75, 3.05) is 6.61 Å². The standard InChI is InChI=1S/C14H25NO4/c1-4-14(5-2,13(17)18)9-12(16)15-10(3)11-7-6-8-19-11/h10-11H,4-9H2,1-3H3,(H,15,16)(H,17,18). The predicted molar refractivity (Wildman–Crippen MR) is 71.8 cm³/mol. The third-order valence-corrected chi connectivity index (χ3v) is 4.22. The van der Waals surface area contributed by atoms with E-state index in [0.717, 1.165) is 19.4 Å². The number of carboxylic acids is 1. The summed E-state index contributed by atoms with van der Waals surface area (Å²) in [6.45, 7) is 6.28. The highest BCUT2D eigenvalue weighted by atomic mass is 16.5. The van der Waals surface area contributed by atoms with Gasteiger partial charge in [0.05, 0.1) is 17.6 Å². The SMILES string of the molecule is CCC(CC)(CC(=O)NC(C)C1CCCO1)C(=O)O. The Hall–Kier alpha value is -1.10. The molecular weight excluding hydrogens is 246 g/mol. The molecule has 0 spiro atoms. The van der Waals surface area contributed by atoms with Gasteiger partial charge in [0, 0.05) is 13.0 Å². The zero-order chi connectivity index (χ0) is 14.5. The largest absolute Gasteiger partial charge is 0.481 e. The molecule has 0 radical (unpaired) electrons. The zero-order valence-corrected chi connectivity index (χ0v) is 12.1. The molecule has 1 amide bonds. The van der Waals surface area contributed by atoms with Gasteiger partial charge in [0.1, 0.15) is 0 Å². The normalized spacial score (nSPS) is 21.1. The molecule has 1 rings (SSSR count). The summed E-state index contributed by atoms with van der Waals surface area (Å²) in [4.78, 5) is 23.4. The summed E-state index contributed by atoms with van der Waals surface area (Å²) < 4.78 is 5.51. The lowest BCUT2D eigenvalue weighted by Gasteiger charge is -2.27. The molecule has 0 aromatic carbocycles. The van der Waals surface area contributed by atoms with Crippen molar-refractivity contribution >= 4 is 11.9 Å². The number of aliphatic carboxylic acids is 1. The second-order valence-electron chi connectivity index (χ2n) is 5.38. The Balaban J connectivity index is 2.55. The number of rotatable bonds is 7. The predicted octanol–water partition coefficient (Wildman–Crippen LogP) is 1.95. The van der Waals surface area contributed by atoms with Gasteiger partial charge < -0.3 is 15.2 Å². The van der Waals surface area contributed by atoms with Crippen LogP contribution < -0.4 is 5.32 Å². The number of ether oxygens (including phenoxy) is 1. The fraction of sp³-hybridized carbons (Fsp3) is 0.857. The lowest BCUT2D eigenvalue weighted by molar-refractivity contribution is -0.152. The molecule has 110 valence electrons. The number of carbonyl (C=O) groups is 2. The summed E-state index contributed by atoms with van der Waals surface area (Å²) in [5, 5.41) is 12.2. The number of carbonyl (C=O) groups excluding carboxylic acids is 1. The maximum Gasteiger partial charge on any atom is 0.310 e. The van der Waals surface area contributed by atoms with Gasteiger partial charge in [-0.2, -0.15) is 0 Å². The minimum absolute atomic E-state index is 0.0341. The Bertz CT molecular complexity index is 319. The van der Waals surface area contributed by atoms with Crippen LogP contribution in [0.1, 0.15) is 52.9 Å². The average molecular weight is 271 g/mol. The summed E-state index contributed by atoms with van der Waals surface area (Å²) in [5.74, 6) is -1.09. The van der Waals surface area contributed by atoms with E-state index >= 15 is 0 Å². The van der Waals surface area contributed by atoms with Gasteiger partial charge in [-0.05, 0) is 32.6 Å². The van der Waals surface area contributed by atoms with Crippen LogP contribution in [0.2, 0.25) is 0 Å². The number of hydrogen-bond donors (Lipinski definition) is 2. The van der Waals surface area contributed by atoms with Gasteiger partial charge in [-0.3, -0.25) is 9.59 Å². The van der Waals surface area contributed by atoms with E-state index in [2.05, 4.69) is 5.32 Å². The van der Waals surface area contributed by atoms with Crippen molar-refractivity contribution in [1.82, 2.24) is 5.32 Å². The molecule has 5 nitrogen and oxygen atoms in total. The molecule has 19 heavy (non-hydrogen) atoms. The molecule has 5 heteroatoms. The Kier molecular flexibility index (Phi) is 5.79. The van der Waals surface area contributed by atoms with Gasteiger partial charge in [-0.15, -0.1) is 0 Å². The molecule has 2 atom stereocenters. The summed E-state index contributed by atoms with van der Waals surface area (Å²) >= 11 is 0. The van der Waals surface area contributed by atoms with Crippen molar-refractivity contribution < 1.29 is 19.4 Å². The van der Waals surface area contributed by atoms with Crippen molar-refractivity contribution in [3.8, 4) is 0 Å². The van der Waals surface area contributed by atoms with Crippen LogP contribution in [0.25, 0.3) is 0 Å². The van der Waals surface area contributed by atoms with Gasteiger partial charge in [-0.1, -0.05) is 13.8 Å². The Morgan fingerprint density at radius 2 is 2.05 bits per heavy atom. The zero-order valence-electron chi connectivity index (χ0n) is 12.1. The van der Waals surface area contributed by atoms with Crippen LogP contribution in [0.3, 0.4) is 0 Å². The van der Waals surface area contributed by atoms with E-state index in [1.54, 1.807) is 0 Å². The van der Waals surface area contributed by atoms with Gasteiger partial charge in [0.2, 0.25) is 5.91 Å². The van der Waals surface area contributed by atoms with E-state index in [0.29, 0.717) is 12.8 Å². The lowest BCUT2D eigenvalue weighted by atomic mass is 9.79. The molecule has 0 aromatic heterocycles. The molecule has 2 unspecified atom stereocenters. The van der Waals surface area contributed by atoms with Crippen LogP contribution in [0.5, 0.6) is 0 Å². The molecule has 2 N–H and O–H groups in total. The number of carboxylic acid groups (broad SMARTS) is 1. The maximum atomic E-state index is 12.0. The maximum absolute atomic E-state index is 12.0. The average Bonchev–Trinajstić information content (AvgIpc) is 2.89. The van der Waals surface area contributed by atoms with E-state index in [-0.39, 0.29) is 24.5 Å². The van der Waals surface area contributed by atoms with Gasteiger partial charge in [-0.25, -0.2) is 0 Å². The fourth-order valence-corrected chi connectivity index (χ4v) is 2.58. The van der Waals surface area contributed by atoms with Crippen LogP contribution in [-0.4, -0.2) is 35.7 Å². The Morgan fingerprint density at radius 3 is 2.47 bits per heavy atom. The molecule has 1 saturated heterocycles. The number of hydrogen-bond acceptors (Lipinski definition) is 3. The monoisotopic (exact) mass is 271 g/mol. The van der Waals surface area contributed by atoms with E-state index in [4.69, 9.17) is 4.74 Å². The van der Waals surface area contributed by atoms with E-state index in [1.807, 2.05) is 20.8 Å². The molecular formula is C14H25NO4. The van der Waals surface area contributed by atoms with Crippen molar-refractivity contribution in [2.24, 2.45) is 5.41 Å². The van der Waals surface area contributed by atoms with Crippen molar-refractivity contribution in [1.29, 1.82) is 0 Å². The highest BCUT2D eigenvalue weighted by molar-refractivity contribution is 5.85. The number of amides is 1. The van der Waals surface area contributed by atoms with Crippen molar-refractivity contribution in [2.45, 2.75) is 65.0 Å². The first-order valence-corrected chi connectivity index (χ1v) is 7.09. The van der Waals surface area contributed by atoms with Gasteiger partial charge in [0.15, 0.2) is 0 Å². The van der Waals surface area contributed by atoms with Crippen LogP contribution in [-0.2, 0) is 14.3 Å². The molecule has 1 heterocycles. The molecule has 1 fully saturated rings. The van der Waals surface area contributed by atoms with E-state index in [1.165, 1.54) is 0 Å². The van der Waals surface area contributed by atoms with Crippen LogP contribution in [0, 0.1) is 5.41 Å². The minimum Gasteiger partial charge on any atom is -0.481 e. The summed E-state index contributed by atoms with van der Waals surface area (Å²) in [5.41, 5.74) is -0.944. The first-order chi connectivity index (χ1) is 8.95. The molecule has 0 aromatic rings. The summed E-state index contributed by atoms with van der Waals surface area (Å²) in [7, 11) is 0. The first kappa shape index (κ1) is 16.0. The third-order valence-electron chi connectivity index (χ3n) is 4.22. The first-order valence-electron chi connectivity index (χ1n) is 7.09. The van der Waals surface area contributed by atoms with E-state index < -0.39 is 11.4 Å². The highest BCUT2D eigenvalue weighted by Crippen LogP contribution is 2.31. The smallest absolute Gasteiger partial charge is 0.310 e. The molecule has 0 aliphatic carbocycles. The topological polar surface area (TPSA) is 75.6 Å². The third kappa shape index (κ3) is 3.93. The minimum atomic E-state index is -0.944. The summed E-state index contributed by atoms with van der Waals surface area (Å²) in [6.07, 6.45) is 2.99. The van der Waals surface area contributed by atoms with E-state index in [9.17, 15) is 14.7 Å². The quantitative estimate of drug-likeness (QED) is 0.742. The van der Waals surface area contributed by atoms with Crippen LogP contribution in [0.4, 0.5) is 0 Å². The highest BCUT2D eigenvalue weighted by Gasteiger charge is 2.37. The molecule has 0 bridgehead atoms. The van der Waals surface area contributed by atoms with Crippen molar-refractivity contribution in [3.05, 3.63) is 0 Å². The molecule has 1 aliphatic rings. The fourth-order valence-electron chi connectivity index (χ4n) is 2.58. The lowest BCUT2D eigenvalue weighted by Crippen LogP contribution is -2.44. The Labute approximate surface area is 114 Å². The molecule has 0 saturated carbocycles. The number of nitrogens with one attached hydrogen (secondary N) is 1. The van der Waals surface area contributed by atoms with Crippen LogP contribution in [0.15, 0.2) is 0 Å². The van der Waals surface area contributed by atoms with Crippen LogP contribution >= 0.6 is 0 Å². The molecule has 1 aliphatic heterocycles. The van der Waals surface area contributed by atoms with Gasteiger partial charge >= 0.3 is 5.97 Å².